The van der Waals surface area contributed by atoms with Crippen molar-refractivity contribution in [1.82, 2.24) is 15.4 Å². The Morgan fingerprint density at radius 3 is 2.83 bits per heavy atom. The first kappa shape index (κ1) is 15.6. The second kappa shape index (κ2) is 6.04. The highest BCUT2D eigenvalue weighted by molar-refractivity contribution is 5.88. The third-order valence-electron chi connectivity index (χ3n) is 4.89. The minimum absolute atomic E-state index is 0.0937. The molecule has 1 aromatic heterocycles. The predicted octanol–water partition coefficient (Wildman–Crippen LogP) is 2.64. The number of carbonyl (C=O) groups excluding carboxylic acids is 1. The van der Waals surface area contributed by atoms with Gasteiger partial charge in [-0.1, -0.05) is 12.1 Å². The van der Waals surface area contributed by atoms with Gasteiger partial charge in [-0.3, -0.25) is 10.0 Å². The summed E-state index contributed by atoms with van der Waals surface area (Å²) >= 11 is 0. The van der Waals surface area contributed by atoms with Gasteiger partial charge < -0.3 is 0 Å². The van der Waals surface area contributed by atoms with Gasteiger partial charge in [0.25, 0.3) is 5.91 Å². The van der Waals surface area contributed by atoms with Gasteiger partial charge in [-0.05, 0) is 54.9 Å². The first-order valence-electron chi connectivity index (χ1n) is 7.53. The van der Waals surface area contributed by atoms with E-state index in [0.29, 0.717) is 24.0 Å². The van der Waals surface area contributed by atoms with Crippen molar-refractivity contribution < 1.29 is 14.4 Å². The molecule has 1 amide bonds. The zero-order valence-electron chi connectivity index (χ0n) is 12.8. The molecule has 6 heteroatoms. The largest absolute Gasteiger partial charge is 0.289 e. The second-order valence-electron chi connectivity index (χ2n) is 6.05. The van der Waals surface area contributed by atoms with Crippen molar-refractivity contribution >= 4 is 5.91 Å². The number of rotatable bonds is 3. The molecular formula is C17H18FN3O2. The number of hydrogen-bond acceptors (Lipinski definition) is 4. The Hall–Kier alpha value is -2.34. The van der Waals surface area contributed by atoms with E-state index in [9.17, 15) is 14.4 Å². The quantitative estimate of drug-likeness (QED) is 0.674. The summed E-state index contributed by atoms with van der Waals surface area (Å²) < 4.78 is 14.0. The number of aromatic nitrogens is 2. The number of benzene rings is 1. The maximum Gasteiger partial charge on any atom is 0.254 e. The van der Waals surface area contributed by atoms with Crippen LogP contribution in [0.2, 0.25) is 0 Å². The number of hydroxylamine groups is 1. The zero-order valence-corrected chi connectivity index (χ0v) is 12.8. The first-order chi connectivity index (χ1) is 11.1. The SMILES string of the molecule is Cc1c(F)cccc1[C@]1(C(=O)NO)CC[C@@H](c2cncnc2)C1. The van der Waals surface area contributed by atoms with E-state index in [1.54, 1.807) is 36.9 Å². The highest BCUT2D eigenvalue weighted by atomic mass is 19.1. The topological polar surface area (TPSA) is 75.1 Å². The van der Waals surface area contributed by atoms with E-state index in [2.05, 4.69) is 9.97 Å². The normalized spacial score (nSPS) is 23.7. The minimum Gasteiger partial charge on any atom is -0.289 e. The summed E-state index contributed by atoms with van der Waals surface area (Å²) in [7, 11) is 0. The Kier molecular flexibility index (Phi) is 4.09. The summed E-state index contributed by atoms with van der Waals surface area (Å²) in [6.07, 6.45) is 6.70. The van der Waals surface area contributed by atoms with Crippen molar-refractivity contribution in [3.05, 3.63) is 59.4 Å². The van der Waals surface area contributed by atoms with Crippen LogP contribution in [-0.4, -0.2) is 21.1 Å². The molecule has 1 heterocycles. The van der Waals surface area contributed by atoms with Crippen LogP contribution < -0.4 is 5.48 Å². The van der Waals surface area contributed by atoms with Crippen LogP contribution >= 0.6 is 0 Å². The Morgan fingerprint density at radius 1 is 1.39 bits per heavy atom. The van der Waals surface area contributed by atoms with Crippen molar-refractivity contribution in [2.45, 2.75) is 37.5 Å². The monoisotopic (exact) mass is 315 g/mol. The average Bonchev–Trinajstić information content (AvgIpc) is 3.04. The van der Waals surface area contributed by atoms with E-state index < -0.39 is 11.3 Å². The van der Waals surface area contributed by atoms with Gasteiger partial charge in [-0.25, -0.2) is 19.8 Å². The van der Waals surface area contributed by atoms with Gasteiger partial charge in [0, 0.05) is 12.4 Å². The standard InChI is InChI=1S/C17H18FN3O2/c1-11-14(3-2-4-15(11)18)17(16(22)21-23)6-5-12(7-17)13-8-19-10-20-9-13/h2-4,8-10,12,23H,5-7H2,1H3,(H,21,22)/t12-,17+/m1/s1. The fraction of sp³-hybridized carbons (Fsp3) is 0.353. The van der Waals surface area contributed by atoms with E-state index in [1.165, 1.54) is 12.4 Å². The molecule has 0 saturated heterocycles. The molecule has 0 bridgehead atoms. The summed E-state index contributed by atoms with van der Waals surface area (Å²) in [4.78, 5) is 20.5. The first-order valence-corrected chi connectivity index (χ1v) is 7.53. The number of nitrogens with one attached hydrogen (secondary N) is 1. The summed E-state index contributed by atoms with van der Waals surface area (Å²) in [5, 5.41) is 9.22. The number of hydrogen-bond donors (Lipinski definition) is 2. The number of carbonyl (C=O) groups is 1. The van der Waals surface area contributed by atoms with E-state index in [-0.39, 0.29) is 11.7 Å². The van der Waals surface area contributed by atoms with E-state index >= 15 is 0 Å². The van der Waals surface area contributed by atoms with Gasteiger partial charge in [-0.2, -0.15) is 0 Å². The lowest BCUT2D eigenvalue weighted by atomic mass is 9.75. The van der Waals surface area contributed by atoms with Crippen LogP contribution in [0.15, 0.2) is 36.9 Å². The molecule has 0 unspecified atom stereocenters. The van der Waals surface area contributed by atoms with Gasteiger partial charge in [0.1, 0.15) is 12.1 Å². The van der Waals surface area contributed by atoms with Crippen LogP contribution in [0.25, 0.3) is 0 Å². The smallest absolute Gasteiger partial charge is 0.254 e. The molecular weight excluding hydrogens is 297 g/mol. The Labute approximate surface area is 133 Å². The lowest BCUT2D eigenvalue weighted by molar-refractivity contribution is -0.135. The maximum absolute atomic E-state index is 14.0. The van der Waals surface area contributed by atoms with Crippen molar-refractivity contribution in [3.8, 4) is 0 Å². The number of halogens is 1. The molecule has 1 saturated carbocycles. The van der Waals surface area contributed by atoms with Crippen LogP contribution in [-0.2, 0) is 10.2 Å². The lowest BCUT2D eigenvalue weighted by Gasteiger charge is -2.29. The maximum atomic E-state index is 14.0. The van der Waals surface area contributed by atoms with Gasteiger partial charge in [0.05, 0.1) is 5.41 Å². The summed E-state index contributed by atoms with van der Waals surface area (Å²) in [5.41, 5.74) is 2.86. The van der Waals surface area contributed by atoms with E-state index in [1.807, 2.05) is 0 Å². The minimum atomic E-state index is -0.943. The number of nitrogens with zero attached hydrogens (tertiary/aromatic N) is 2. The van der Waals surface area contributed by atoms with Crippen LogP contribution in [0, 0.1) is 12.7 Å². The summed E-state index contributed by atoms with van der Waals surface area (Å²) in [5.74, 6) is -0.749. The summed E-state index contributed by atoms with van der Waals surface area (Å²) in [6, 6.07) is 4.74. The van der Waals surface area contributed by atoms with Crippen LogP contribution in [0.4, 0.5) is 4.39 Å². The highest BCUT2D eigenvalue weighted by Crippen LogP contribution is 2.49. The van der Waals surface area contributed by atoms with Crippen molar-refractivity contribution in [3.63, 3.8) is 0 Å². The predicted molar refractivity (Wildman–Crippen MR) is 81.4 cm³/mol. The molecule has 2 N–H and O–H groups in total. The molecule has 3 rings (SSSR count). The van der Waals surface area contributed by atoms with Gasteiger partial charge >= 0.3 is 0 Å². The third kappa shape index (κ3) is 2.59. The number of amides is 1. The summed E-state index contributed by atoms with van der Waals surface area (Å²) in [6.45, 7) is 1.66. The highest BCUT2D eigenvalue weighted by Gasteiger charge is 2.48. The molecule has 0 spiro atoms. The van der Waals surface area contributed by atoms with Gasteiger partial charge in [-0.15, -0.1) is 0 Å². The molecule has 1 aliphatic carbocycles. The van der Waals surface area contributed by atoms with Crippen LogP contribution in [0.1, 0.15) is 41.9 Å². The molecule has 5 nitrogen and oxygen atoms in total. The molecule has 0 radical (unpaired) electrons. The fourth-order valence-electron chi connectivity index (χ4n) is 3.66. The van der Waals surface area contributed by atoms with E-state index in [4.69, 9.17) is 0 Å². The Bertz CT molecular complexity index is 723. The van der Waals surface area contributed by atoms with Crippen LogP contribution in [0.3, 0.4) is 0 Å². The zero-order chi connectivity index (χ0) is 16.4. The van der Waals surface area contributed by atoms with Crippen molar-refractivity contribution in [2.24, 2.45) is 0 Å². The van der Waals surface area contributed by atoms with Crippen LogP contribution in [0.5, 0.6) is 0 Å². The van der Waals surface area contributed by atoms with Gasteiger partial charge in [0.2, 0.25) is 0 Å². The lowest BCUT2D eigenvalue weighted by Crippen LogP contribution is -2.42. The molecule has 1 aliphatic rings. The Morgan fingerprint density at radius 2 is 2.13 bits per heavy atom. The van der Waals surface area contributed by atoms with E-state index in [0.717, 1.165) is 12.0 Å². The van der Waals surface area contributed by atoms with Crippen molar-refractivity contribution in [1.29, 1.82) is 0 Å². The fourth-order valence-corrected chi connectivity index (χ4v) is 3.66. The average molecular weight is 315 g/mol. The molecule has 2 aromatic rings. The molecule has 0 aliphatic heterocycles. The molecule has 2 atom stereocenters. The molecule has 120 valence electrons. The van der Waals surface area contributed by atoms with Crippen molar-refractivity contribution in [2.75, 3.05) is 0 Å². The Balaban J connectivity index is 2.03. The third-order valence-corrected chi connectivity index (χ3v) is 4.89. The molecule has 1 aromatic carbocycles. The molecule has 1 fully saturated rings. The second-order valence-corrected chi connectivity index (χ2v) is 6.05. The van der Waals surface area contributed by atoms with Gasteiger partial charge in [0.15, 0.2) is 0 Å². The molecule has 23 heavy (non-hydrogen) atoms.